The number of pyridine rings is 1. The minimum Gasteiger partial charge on any atom is -0.379 e. The molecule has 0 fully saturated rings. The van der Waals surface area contributed by atoms with E-state index in [-0.39, 0.29) is 5.69 Å². The molecule has 20 heavy (non-hydrogen) atoms. The summed E-state index contributed by atoms with van der Waals surface area (Å²) >= 11 is 0. The number of nitrogens with one attached hydrogen (secondary N) is 1. The Kier molecular flexibility index (Phi) is 4.51. The molecule has 0 aliphatic heterocycles. The summed E-state index contributed by atoms with van der Waals surface area (Å²) in [6, 6.07) is 7.37. The highest BCUT2D eigenvalue weighted by molar-refractivity contribution is 5.95. The Morgan fingerprint density at radius 2 is 2.15 bits per heavy atom. The van der Waals surface area contributed by atoms with E-state index in [9.17, 15) is 10.1 Å². The lowest BCUT2D eigenvalue weighted by molar-refractivity contribution is -0.384. The summed E-state index contributed by atoms with van der Waals surface area (Å²) < 4.78 is 0. The van der Waals surface area contributed by atoms with Crippen LogP contribution < -0.4 is 5.32 Å². The Labute approximate surface area is 117 Å². The quantitative estimate of drug-likeness (QED) is 0.378. The highest BCUT2D eigenvalue weighted by Gasteiger charge is 2.17. The molecular formula is C15H15N3O2. The first-order valence-electron chi connectivity index (χ1n) is 6.43. The predicted molar refractivity (Wildman–Crippen MR) is 79.6 cm³/mol. The molecule has 0 amide bonds. The molecule has 1 N–H and O–H groups in total. The molecule has 102 valence electrons. The van der Waals surface area contributed by atoms with Crippen molar-refractivity contribution in [2.75, 3.05) is 11.9 Å². The monoisotopic (exact) mass is 269 g/mol. The topological polar surface area (TPSA) is 68.1 Å². The van der Waals surface area contributed by atoms with Gasteiger partial charge in [-0.3, -0.25) is 10.1 Å². The summed E-state index contributed by atoms with van der Waals surface area (Å²) in [6.45, 7) is 0.649. The number of hydrogen-bond acceptors (Lipinski definition) is 4. The van der Waals surface area contributed by atoms with Gasteiger partial charge in [-0.1, -0.05) is 18.2 Å². The molecular weight excluding hydrogens is 254 g/mol. The van der Waals surface area contributed by atoms with Crippen LogP contribution in [0.4, 0.5) is 11.4 Å². The van der Waals surface area contributed by atoms with Gasteiger partial charge in [0.05, 0.1) is 10.4 Å². The summed E-state index contributed by atoms with van der Waals surface area (Å²) in [5, 5.41) is 15.0. The van der Waals surface area contributed by atoms with Crippen molar-refractivity contribution in [1.82, 2.24) is 4.98 Å². The van der Waals surface area contributed by atoms with Gasteiger partial charge in [0.1, 0.15) is 11.9 Å². The van der Waals surface area contributed by atoms with Crippen molar-refractivity contribution in [1.29, 1.82) is 0 Å². The summed E-state index contributed by atoms with van der Waals surface area (Å²) in [6.07, 6.45) is 8.99. The van der Waals surface area contributed by atoms with Gasteiger partial charge in [0.2, 0.25) is 0 Å². The average molecular weight is 269 g/mol. The number of benzene rings is 1. The SMILES string of the molecule is C#CCCCCNc1c([N+](=O)[O-])cnc2ccccc12. The molecule has 0 atom stereocenters. The van der Waals surface area contributed by atoms with Gasteiger partial charge in [0.15, 0.2) is 0 Å². The van der Waals surface area contributed by atoms with Gasteiger partial charge in [0, 0.05) is 18.4 Å². The molecule has 0 spiro atoms. The molecule has 5 nitrogen and oxygen atoms in total. The zero-order valence-corrected chi connectivity index (χ0v) is 11.0. The number of hydrogen-bond donors (Lipinski definition) is 1. The van der Waals surface area contributed by atoms with Crippen molar-refractivity contribution < 1.29 is 4.92 Å². The minimum atomic E-state index is -0.413. The van der Waals surface area contributed by atoms with E-state index < -0.39 is 4.92 Å². The van der Waals surface area contributed by atoms with E-state index in [4.69, 9.17) is 6.42 Å². The average Bonchev–Trinajstić information content (AvgIpc) is 2.46. The van der Waals surface area contributed by atoms with Crippen molar-refractivity contribution in [3.63, 3.8) is 0 Å². The molecule has 0 bridgehead atoms. The second kappa shape index (κ2) is 6.53. The van der Waals surface area contributed by atoms with Gasteiger partial charge in [0.25, 0.3) is 0 Å². The van der Waals surface area contributed by atoms with Crippen molar-refractivity contribution in [2.45, 2.75) is 19.3 Å². The summed E-state index contributed by atoms with van der Waals surface area (Å²) in [4.78, 5) is 14.8. The largest absolute Gasteiger partial charge is 0.379 e. The maximum Gasteiger partial charge on any atom is 0.311 e. The normalized spacial score (nSPS) is 10.2. The Morgan fingerprint density at radius 1 is 1.35 bits per heavy atom. The molecule has 0 radical (unpaired) electrons. The standard InChI is InChI=1S/C15H15N3O2/c1-2-3-4-7-10-16-15-12-8-5-6-9-13(12)17-11-14(15)18(19)20/h1,5-6,8-9,11H,3-4,7,10H2,(H,16,17). The molecule has 0 aliphatic rings. The summed E-state index contributed by atoms with van der Waals surface area (Å²) in [5.41, 5.74) is 1.27. The fraction of sp³-hybridized carbons (Fsp3) is 0.267. The van der Waals surface area contributed by atoms with E-state index in [1.807, 2.05) is 24.3 Å². The number of unbranched alkanes of at least 4 members (excludes halogenated alkanes) is 2. The number of nitro groups is 1. The molecule has 1 heterocycles. The van der Waals surface area contributed by atoms with Crippen molar-refractivity contribution in [3.05, 3.63) is 40.6 Å². The first-order valence-corrected chi connectivity index (χ1v) is 6.43. The zero-order valence-electron chi connectivity index (χ0n) is 11.0. The number of terminal acetylenes is 1. The first kappa shape index (κ1) is 13.8. The second-order valence-electron chi connectivity index (χ2n) is 4.38. The minimum absolute atomic E-state index is 0.000602. The maximum absolute atomic E-state index is 11.1. The zero-order chi connectivity index (χ0) is 14.4. The van der Waals surface area contributed by atoms with E-state index in [1.165, 1.54) is 6.20 Å². The molecule has 0 unspecified atom stereocenters. The first-order chi connectivity index (χ1) is 9.74. The Balaban J connectivity index is 2.26. The van der Waals surface area contributed by atoms with Gasteiger partial charge in [-0.15, -0.1) is 12.3 Å². The van der Waals surface area contributed by atoms with Gasteiger partial charge in [-0.25, -0.2) is 4.98 Å². The maximum atomic E-state index is 11.1. The van der Waals surface area contributed by atoms with Crippen LogP contribution in [0.25, 0.3) is 10.9 Å². The van der Waals surface area contributed by atoms with E-state index >= 15 is 0 Å². The lowest BCUT2D eigenvalue weighted by Crippen LogP contribution is -2.05. The Bertz CT molecular complexity index is 662. The molecule has 1 aromatic heterocycles. The number of fused-ring (bicyclic) bond motifs is 1. The highest BCUT2D eigenvalue weighted by Crippen LogP contribution is 2.31. The molecule has 0 aliphatic carbocycles. The van der Waals surface area contributed by atoms with Crippen LogP contribution in [-0.2, 0) is 0 Å². The second-order valence-corrected chi connectivity index (χ2v) is 4.38. The lowest BCUT2D eigenvalue weighted by Gasteiger charge is -2.09. The van der Waals surface area contributed by atoms with Crippen LogP contribution in [0.15, 0.2) is 30.5 Å². The number of rotatable bonds is 6. The van der Waals surface area contributed by atoms with Gasteiger partial charge in [-0.05, 0) is 18.9 Å². The number of nitrogens with zero attached hydrogens (tertiary/aromatic N) is 2. The van der Waals surface area contributed by atoms with Gasteiger partial charge in [-0.2, -0.15) is 0 Å². The van der Waals surface area contributed by atoms with Crippen LogP contribution in [-0.4, -0.2) is 16.5 Å². The lowest BCUT2D eigenvalue weighted by atomic mass is 10.1. The van der Waals surface area contributed by atoms with E-state index in [1.54, 1.807) is 0 Å². The molecule has 1 aromatic carbocycles. The van der Waals surface area contributed by atoms with Crippen LogP contribution in [0.3, 0.4) is 0 Å². The fourth-order valence-electron chi connectivity index (χ4n) is 2.02. The third-order valence-electron chi connectivity index (χ3n) is 3.00. The van der Waals surface area contributed by atoms with Crippen molar-refractivity contribution >= 4 is 22.3 Å². The summed E-state index contributed by atoms with van der Waals surface area (Å²) in [7, 11) is 0. The number of para-hydroxylation sites is 1. The third-order valence-corrected chi connectivity index (χ3v) is 3.00. The van der Waals surface area contributed by atoms with Crippen LogP contribution in [0, 0.1) is 22.5 Å². The molecule has 5 heteroatoms. The number of anilines is 1. The van der Waals surface area contributed by atoms with Crippen LogP contribution in [0.5, 0.6) is 0 Å². The number of aromatic nitrogens is 1. The van der Waals surface area contributed by atoms with Crippen molar-refractivity contribution in [2.24, 2.45) is 0 Å². The van der Waals surface area contributed by atoms with Gasteiger partial charge >= 0.3 is 5.69 Å². The Morgan fingerprint density at radius 3 is 2.90 bits per heavy atom. The predicted octanol–water partition coefficient (Wildman–Crippen LogP) is 3.36. The van der Waals surface area contributed by atoms with Crippen molar-refractivity contribution in [3.8, 4) is 12.3 Å². The fourth-order valence-corrected chi connectivity index (χ4v) is 2.02. The molecule has 2 rings (SSSR count). The summed E-state index contributed by atoms with van der Waals surface area (Å²) in [5.74, 6) is 2.58. The van der Waals surface area contributed by atoms with Crippen LogP contribution >= 0.6 is 0 Å². The molecule has 0 saturated carbocycles. The Hall–Kier alpha value is -2.61. The third kappa shape index (κ3) is 3.04. The van der Waals surface area contributed by atoms with E-state index in [2.05, 4.69) is 16.2 Å². The van der Waals surface area contributed by atoms with E-state index in [0.29, 0.717) is 12.2 Å². The smallest absolute Gasteiger partial charge is 0.311 e. The highest BCUT2D eigenvalue weighted by atomic mass is 16.6. The molecule has 0 saturated heterocycles. The van der Waals surface area contributed by atoms with Crippen LogP contribution in [0.2, 0.25) is 0 Å². The van der Waals surface area contributed by atoms with Crippen LogP contribution in [0.1, 0.15) is 19.3 Å². The molecule has 2 aromatic rings. The van der Waals surface area contributed by atoms with Gasteiger partial charge < -0.3 is 5.32 Å². The van der Waals surface area contributed by atoms with E-state index in [0.717, 1.165) is 30.2 Å².